The first-order valence-corrected chi connectivity index (χ1v) is 10.3. The summed E-state index contributed by atoms with van der Waals surface area (Å²) in [6, 6.07) is 9.75. The topological polar surface area (TPSA) is 140 Å². The molecule has 0 bridgehead atoms. The van der Waals surface area contributed by atoms with E-state index >= 15 is 0 Å². The van der Waals surface area contributed by atoms with Gasteiger partial charge in [0.25, 0.3) is 5.91 Å². The van der Waals surface area contributed by atoms with Gasteiger partial charge in [0.15, 0.2) is 5.69 Å². The van der Waals surface area contributed by atoms with Crippen molar-refractivity contribution in [2.75, 3.05) is 17.7 Å². The van der Waals surface area contributed by atoms with E-state index in [0.29, 0.717) is 18.2 Å². The lowest BCUT2D eigenvalue weighted by atomic mass is 9.90. The van der Waals surface area contributed by atoms with Crippen LogP contribution in [0.2, 0.25) is 0 Å². The van der Waals surface area contributed by atoms with Crippen molar-refractivity contribution in [1.29, 1.82) is 0 Å². The smallest absolute Gasteiger partial charge is 0.293 e. The second-order valence-corrected chi connectivity index (χ2v) is 7.58. The van der Waals surface area contributed by atoms with Gasteiger partial charge in [-0.2, -0.15) is 9.78 Å². The lowest BCUT2D eigenvalue weighted by Gasteiger charge is -2.19. The number of para-hydroxylation sites is 1. The maximum Gasteiger partial charge on any atom is 0.293 e. The van der Waals surface area contributed by atoms with Gasteiger partial charge in [0.05, 0.1) is 12.2 Å². The number of rotatable bonds is 7. The van der Waals surface area contributed by atoms with E-state index in [-0.39, 0.29) is 17.3 Å². The first-order valence-electron chi connectivity index (χ1n) is 10.3. The molecular weight excluding hydrogens is 398 g/mol. The minimum Gasteiger partial charge on any atom is -0.378 e. The predicted octanol–water partition coefficient (Wildman–Crippen LogP) is 2.16. The van der Waals surface area contributed by atoms with Crippen molar-refractivity contribution in [3.63, 3.8) is 0 Å². The van der Waals surface area contributed by atoms with Gasteiger partial charge < -0.3 is 10.6 Å². The molecule has 0 atom stereocenters. The highest BCUT2D eigenvalue weighted by Crippen LogP contribution is 2.22. The summed E-state index contributed by atoms with van der Waals surface area (Å²) in [7, 11) is 1.90. The second-order valence-electron chi connectivity index (χ2n) is 7.58. The largest absolute Gasteiger partial charge is 0.378 e. The Hall–Kier alpha value is -3.76. The number of nitrogens with one attached hydrogen (secondary N) is 1. The Morgan fingerprint density at radius 3 is 2.77 bits per heavy atom. The van der Waals surface area contributed by atoms with Crippen LogP contribution in [0.1, 0.15) is 48.3 Å². The number of carbonyl (C=O) groups is 1. The van der Waals surface area contributed by atoms with Gasteiger partial charge in [-0.1, -0.05) is 42.7 Å². The van der Waals surface area contributed by atoms with Crippen molar-refractivity contribution in [2.45, 2.75) is 38.6 Å². The average Bonchev–Trinajstić information content (AvgIpc) is 3.40. The van der Waals surface area contributed by atoms with E-state index in [9.17, 15) is 4.79 Å². The molecule has 0 spiro atoms. The van der Waals surface area contributed by atoms with Gasteiger partial charge in [-0.05, 0) is 41.2 Å². The summed E-state index contributed by atoms with van der Waals surface area (Å²) < 4.78 is 6.06. The van der Waals surface area contributed by atoms with E-state index in [1.807, 2.05) is 48.5 Å². The molecule has 11 heteroatoms. The van der Waals surface area contributed by atoms with Gasteiger partial charge in [-0.15, -0.1) is 5.10 Å². The SMILES string of the molecule is CN(Cc1c(C(=O)NN=CC2CCCCC2)nnn1-c1nonc1N)c1ccccc1. The molecule has 0 saturated heterocycles. The van der Waals surface area contributed by atoms with E-state index in [4.69, 9.17) is 10.4 Å². The molecule has 11 nitrogen and oxygen atoms in total. The number of hydrogen-bond donors (Lipinski definition) is 2. The van der Waals surface area contributed by atoms with Crippen LogP contribution in [-0.4, -0.2) is 44.5 Å². The van der Waals surface area contributed by atoms with Crippen molar-refractivity contribution in [3.05, 3.63) is 41.7 Å². The Bertz CT molecular complexity index is 1040. The van der Waals surface area contributed by atoms with Crippen LogP contribution >= 0.6 is 0 Å². The number of aromatic nitrogens is 5. The monoisotopic (exact) mass is 423 g/mol. The fourth-order valence-electron chi connectivity index (χ4n) is 3.66. The molecule has 1 amide bonds. The number of amides is 1. The molecule has 1 aliphatic carbocycles. The highest BCUT2D eigenvalue weighted by Gasteiger charge is 2.25. The number of nitrogen functional groups attached to an aromatic ring is 1. The van der Waals surface area contributed by atoms with Crippen LogP contribution in [0.4, 0.5) is 11.5 Å². The molecule has 3 aromatic rings. The molecule has 0 unspecified atom stereocenters. The Kier molecular flexibility index (Phi) is 6.20. The summed E-state index contributed by atoms with van der Waals surface area (Å²) in [5.74, 6) is 0.170. The van der Waals surface area contributed by atoms with Crippen molar-refractivity contribution >= 4 is 23.6 Å². The normalized spacial score (nSPS) is 14.7. The predicted molar refractivity (Wildman–Crippen MR) is 115 cm³/mol. The van der Waals surface area contributed by atoms with Crippen molar-refractivity contribution < 1.29 is 9.42 Å². The highest BCUT2D eigenvalue weighted by molar-refractivity contribution is 5.93. The molecule has 1 aliphatic rings. The molecule has 3 N–H and O–H groups in total. The summed E-state index contributed by atoms with van der Waals surface area (Å²) in [5, 5.41) is 19.7. The van der Waals surface area contributed by atoms with Crippen molar-refractivity contribution in [1.82, 2.24) is 30.7 Å². The van der Waals surface area contributed by atoms with Gasteiger partial charge in [-0.25, -0.2) is 10.1 Å². The number of hydrazone groups is 1. The van der Waals surface area contributed by atoms with E-state index in [0.717, 1.165) is 18.5 Å². The number of carbonyl (C=O) groups excluding carboxylic acids is 1. The molecule has 162 valence electrons. The zero-order valence-electron chi connectivity index (χ0n) is 17.3. The van der Waals surface area contributed by atoms with Crippen molar-refractivity contribution in [3.8, 4) is 5.82 Å². The third kappa shape index (κ3) is 4.71. The zero-order chi connectivity index (χ0) is 21.6. The van der Waals surface area contributed by atoms with Crippen LogP contribution < -0.4 is 16.1 Å². The minimum absolute atomic E-state index is 0.0517. The van der Waals surface area contributed by atoms with Crippen LogP contribution in [0, 0.1) is 5.92 Å². The molecule has 1 saturated carbocycles. The molecular formula is C20H25N9O2. The van der Waals surface area contributed by atoms with Crippen LogP contribution in [0.15, 0.2) is 40.1 Å². The number of benzene rings is 1. The highest BCUT2D eigenvalue weighted by atomic mass is 16.6. The fourth-order valence-corrected chi connectivity index (χ4v) is 3.66. The molecule has 2 aromatic heterocycles. The van der Waals surface area contributed by atoms with Gasteiger partial charge in [0, 0.05) is 18.9 Å². The zero-order valence-corrected chi connectivity index (χ0v) is 17.3. The minimum atomic E-state index is -0.454. The maximum atomic E-state index is 12.8. The number of nitrogens with two attached hydrogens (primary N) is 1. The third-order valence-corrected chi connectivity index (χ3v) is 5.36. The first-order chi connectivity index (χ1) is 15.1. The van der Waals surface area contributed by atoms with Crippen LogP contribution in [0.25, 0.3) is 5.82 Å². The van der Waals surface area contributed by atoms with Gasteiger partial charge in [0.2, 0.25) is 11.6 Å². The summed E-state index contributed by atoms with van der Waals surface area (Å²) in [6.45, 7) is 0.318. The van der Waals surface area contributed by atoms with E-state index in [1.165, 1.54) is 23.9 Å². The molecule has 1 aromatic carbocycles. The van der Waals surface area contributed by atoms with Crippen LogP contribution in [-0.2, 0) is 6.54 Å². The lowest BCUT2D eigenvalue weighted by molar-refractivity contribution is 0.0949. The van der Waals surface area contributed by atoms with Crippen LogP contribution in [0.3, 0.4) is 0 Å². The van der Waals surface area contributed by atoms with Gasteiger partial charge >= 0.3 is 0 Å². The maximum absolute atomic E-state index is 12.8. The first kappa shape index (κ1) is 20.5. The molecule has 1 fully saturated rings. The molecule has 0 radical (unpaired) electrons. The fraction of sp³-hybridized carbons (Fsp3) is 0.400. The van der Waals surface area contributed by atoms with Gasteiger partial charge in [-0.3, -0.25) is 4.79 Å². The summed E-state index contributed by atoms with van der Waals surface area (Å²) in [5.41, 5.74) is 9.99. The molecule has 2 heterocycles. The van der Waals surface area contributed by atoms with Gasteiger partial charge in [0.1, 0.15) is 0 Å². The summed E-state index contributed by atoms with van der Waals surface area (Å²) in [4.78, 5) is 14.8. The van der Waals surface area contributed by atoms with E-state index in [1.54, 1.807) is 0 Å². The molecule has 0 aliphatic heterocycles. The van der Waals surface area contributed by atoms with Crippen molar-refractivity contribution in [2.24, 2.45) is 11.0 Å². The molecule has 31 heavy (non-hydrogen) atoms. The Balaban J connectivity index is 1.58. The summed E-state index contributed by atoms with van der Waals surface area (Å²) >= 11 is 0. The summed E-state index contributed by atoms with van der Waals surface area (Å²) in [6.07, 6.45) is 7.67. The number of nitrogens with zero attached hydrogens (tertiary/aromatic N) is 7. The number of hydrogen-bond acceptors (Lipinski definition) is 9. The molecule has 4 rings (SSSR count). The van der Waals surface area contributed by atoms with E-state index in [2.05, 4.69) is 31.2 Å². The Labute approximate surface area is 179 Å². The second kappa shape index (κ2) is 9.37. The van der Waals surface area contributed by atoms with Crippen LogP contribution in [0.5, 0.6) is 0 Å². The number of anilines is 2. The lowest BCUT2D eigenvalue weighted by Crippen LogP contribution is -2.25. The standard InChI is InChI=1S/C20H25N9O2/c1-28(15-10-6-3-7-11-15)13-16-17(23-27-29(16)19-18(21)25-31-26-19)20(30)24-22-12-14-8-4-2-5-9-14/h3,6-7,10-12,14H,2,4-5,8-9,13H2,1H3,(H2,21,25)(H,24,30). The average molecular weight is 423 g/mol. The third-order valence-electron chi connectivity index (χ3n) is 5.36. The van der Waals surface area contributed by atoms with E-state index < -0.39 is 5.91 Å². The quantitative estimate of drug-likeness (QED) is 0.435. The Morgan fingerprint density at radius 1 is 1.29 bits per heavy atom. The Morgan fingerprint density at radius 2 is 2.06 bits per heavy atom.